The summed E-state index contributed by atoms with van der Waals surface area (Å²) < 4.78 is 5.89. The first kappa shape index (κ1) is 17.7. The molecule has 2 rings (SSSR count). The van der Waals surface area contributed by atoms with Gasteiger partial charge < -0.3 is 25.4 Å². The molecule has 0 unspecified atom stereocenters. The van der Waals surface area contributed by atoms with E-state index in [-0.39, 0.29) is 12.8 Å². The average Bonchev–Trinajstić information content (AvgIpc) is 2.46. The van der Waals surface area contributed by atoms with Crippen LogP contribution in [0.4, 0.5) is 0 Å². The number of carbonyl (C=O) groups excluding carboxylic acids is 1. The Balaban J connectivity index is 2.29. The van der Waals surface area contributed by atoms with E-state index in [1.54, 1.807) is 0 Å². The summed E-state index contributed by atoms with van der Waals surface area (Å²) in [5.74, 6) is 0.0161. The summed E-state index contributed by atoms with van der Waals surface area (Å²) in [6, 6.07) is 3.91. The highest BCUT2D eigenvalue weighted by molar-refractivity contribution is 5.84. The number of ether oxygens (including phenoxy) is 1. The summed E-state index contributed by atoms with van der Waals surface area (Å²) in [5, 5.41) is 33.1. The summed E-state index contributed by atoms with van der Waals surface area (Å²) in [7, 11) is 1.42. The average molecular weight is 323 g/mol. The van der Waals surface area contributed by atoms with Gasteiger partial charge in [0, 0.05) is 19.9 Å². The number of aryl methyl sites for hydroxylation is 3. The predicted molar refractivity (Wildman–Crippen MR) is 85.3 cm³/mol. The van der Waals surface area contributed by atoms with E-state index in [1.165, 1.54) is 7.05 Å². The van der Waals surface area contributed by atoms with E-state index in [0.717, 1.165) is 16.7 Å². The quantitative estimate of drug-likeness (QED) is 0.643. The lowest BCUT2D eigenvalue weighted by Gasteiger charge is -2.41. The molecule has 128 valence electrons. The Kier molecular flexibility index (Phi) is 4.98. The second-order valence-electron chi connectivity index (χ2n) is 6.46. The Morgan fingerprint density at radius 1 is 1.22 bits per heavy atom. The summed E-state index contributed by atoms with van der Waals surface area (Å²) >= 11 is 0. The van der Waals surface area contributed by atoms with Crippen molar-refractivity contribution in [1.82, 2.24) is 5.32 Å². The van der Waals surface area contributed by atoms with E-state index in [2.05, 4.69) is 5.32 Å². The molecule has 0 spiro atoms. The lowest BCUT2D eigenvalue weighted by atomic mass is 9.79. The second kappa shape index (κ2) is 6.47. The van der Waals surface area contributed by atoms with E-state index in [1.807, 2.05) is 32.9 Å². The van der Waals surface area contributed by atoms with Crippen molar-refractivity contribution in [2.24, 2.45) is 0 Å². The number of nitrogens with one attached hydrogen (secondary N) is 1. The fraction of sp³-hybridized carbons (Fsp3) is 0.588. The van der Waals surface area contributed by atoms with Crippen LogP contribution in [0.2, 0.25) is 0 Å². The van der Waals surface area contributed by atoms with Crippen molar-refractivity contribution in [2.45, 2.75) is 57.5 Å². The van der Waals surface area contributed by atoms with Gasteiger partial charge in [0.15, 0.2) is 0 Å². The number of hydrogen-bond acceptors (Lipinski definition) is 5. The SMILES string of the molecule is CNC(=O)[C@]1(O)C[C@@H](O)[C@@H](O)[C@H](Oc2c(C)cc(C)cc2C)C1. The van der Waals surface area contributed by atoms with Gasteiger partial charge >= 0.3 is 0 Å². The van der Waals surface area contributed by atoms with Crippen LogP contribution in [-0.4, -0.2) is 52.2 Å². The van der Waals surface area contributed by atoms with Crippen molar-refractivity contribution in [3.63, 3.8) is 0 Å². The Morgan fingerprint density at radius 3 is 2.30 bits per heavy atom. The predicted octanol–water partition coefficient (Wildman–Crippen LogP) is 0.352. The Labute approximate surface area is 136 Å². The molecule has 0 saturated heterocycles. The zero-order valence-corrected chi connectivity index (χ0v) is 14.0. The van der Waals surface area contributed by atoms with Crippen LogP contribution in [0.1, 0.15) is 29.5 Å². The number of hydrogen-bond donors (Lipinski definition) is 4. The van der Waals surface area contributed by atoms with Gasteiger partial charge in [-0.3, -0.25) is 4.79 Å². The van der Waals surface area contributed by atoms with Gasteiger partial charge in [-0.2, -0.15) is 0 Å². The monoisotopic (exact) mass is 323 g/mol. The highest BCUT2D eigenvalue weighted by atomic mass is 16.5. The van der Waals surface area contributed by atoms with Crippen LogP contribution in [0.3, 0.4) is 0 Å². The smallest absolute Gasteiger partial charge is 0.251 e. The van der Waals surface area contributed by atoms with Gasteiger partial charge in [-0.15, -0.1) is 0 Å². The number of benzene rings is 1. The third kappa shape index (κ3) is 3.49. The van der Waals surface area contributed by atoms with Crippen LogP contribution < -0.4 is 10.1 Å². The molecule has 1 aliphatic rings. The third-order valence-corrected chi connectivity index (χ3v) is 4.38. The van der Waals surface area contributed by atoms with E-state index in [9.17, 15) is 20.1 Å². The first-order valence-electron chi connectivity index (χ1n) is 7.73. The summed E-state index contributed by atoms with van der Waals surface area (Å²) in [5.41, 5.74) is 1.14. The second-order valence-corrected chi connectivity index (χ2v) is 6.46. The standard InChI is InChI=1S/C17H25NO5/c1-9-5-10(2)15(11(3)6-9)23-13-8-17(22,16(21)18-4)7-12(19)14(13)20/h5-6,12-14,19-20,22H,7-8H2,1-4H3,(H,18,21)/t12-,13-,14-,17+/m1/s1. The molecule has 0 heterocycles. The first-order valence-corrected chi connectivity index (χ1v) is 7.73. The molecule has 4 N–H and O–H groups in total. The lowest BCUT2D eigenvalue weighted by molar-refractivity contribution is -0.169. The number of aliphatic hydroxyl groups excluding tert-OH is 2. The van der Waals surface area contributed by atoms with E-state index in [4.69, 9.17) is 4.74 Å². The summed E-state index contributed by atoms with van der Waals surface area (Å²) in [4.78, 5) is 11.9. The molecule has 4 atom stereocenters. The van der Waals surface area contributed by atoms with Crippen molar-refractivity contribution in [3.05, 3.63) is 28.8 Å². The molecule has 1 aromatic carbocycles. The largest absolute Gasteiger partial charge is 0.487 e. The van der Waals surface area contributed by atoms with Crippen LogP contribution in [-0.2, 0) is 4.79 Å². The minimum absolute atomic E-state index is 0.0857. The van der Waals surface area contributed by atoms with Crippen molar-refractivity contribution in [2.75, 3.05) is 7.05 Å². The van der Waals surface area contributed by atoms with Crippen LogP contribution in [0.5, 0.6) is 5.75 Å². The third-order valence-electron chi connectivity index (χ3n) is 4.38. The van der Waals surface area contributed by atoms with Gasteiger partial charge in [-0.25, -0.2) is 0 Å². The van der Waals surface area contributed by atoms with Crippen LogP contribution in [0, 0.1) is 20.8 Å². The molecule has 0 aromatic heterocycles. The van der Waals surface area contributed by atoms with E-state index < -0.39 is 29.8 Å². The Bertz CT molecular complexity index is 580. The molecule has 1 aromatic rings. The minimum Gasteiger partial charge on any atom is -0.487 e. The lowest BCUT2D eigenvalue weighted by Crippen LogP contribution is -2.59. The molecule has 1 saturated carbocycles. The zero-order chi connectivity index (χ0) is 17.4. The van der Waals surface area contributed by atoms with Crippen molar-refractivity contribution in [3.8, 4) is 5.75 Å². The summed E-state index contributed by atoms with van der Waals surface area (Å²) in [6.45, 7) is 5.77. The van der Waals surface area contributed by atoms with Gasteiger partial charge in [0.25, 0.3) is 5.91 Å². The number of aliphatic hydroxyl groups is 3. The number of rotatable bonds is 3. The molecule has 6 nitrogen and oxygen atoms in total. The Hall–Kier alpha value is -1.63. The van der Waals surface area contributed by atoms with Crippen LogP contribution >= 0.6 is 0 Å². The van der Waals surface area contributed by atoms with Crippen molar-refractivity contribution in [1.29, 1.82) is 0 Å². The summed E-state index contributed by atoms with van der Waals surface area (Å²) in [6.07, 6.45) is -3.58. The highest BCUT2D eigenvalue weighted by Gasteiger charge is 2.49. The van der Waals surface area contributed by atoms with Crippen molar-refractivity contribution >= 4 is 5.91 Å². The van der Waals surface area contributed by atoms with Crippen LogP contribution in [0.15, 0.2) is 12.1 Å². The maximum absolute atomic E-state index is 11.9. The number of amides is 1. The molecular weight excluding hydrogens is 298 g/mol. The molecule has 1 fully saturated rings. The maximum atomic E-state index is 11.9. The van der Waals surface area contributed by atoms with Crippen LogP contribution in [0.25, 0.3) is 0 Å². The van der Waals surface area contributed by atoms with E-state index >= 15 is 0 Å². The van der Waals surface area contributed by atoms with Gasteiger partial charge in [0.1, 0.15) is 23.6 Å². The number of likely N-dealkylation sites (N-methyl/N-ethyl adjacent to an activating group) is 1. The van der Waals surface area contributed by atoms with Gasteiger partial charge in [0.2, 0.25) is 0 Å². The topological polar surface area (TPSA) is 99.0 Å². The van der Waals surface area contributed by atoms with Crippen molar-refractivity contribution < 1.29 is 24.9 Å². The normalized spacial score (nSPS) is 30.8. The van der Waals surface area contributed by atoms with Gasteiger partial charge in [0.05, 0.1) is 6.10 Å². The first-order chi connectivity index (χ1) is 10.7. The molecule has 1 amide bonds. The van der Waals surface area contributed by atoms with E-state index in [0.29, 0.717) is 5.75 Å². The molecule has 6 heteroatoms. The fourth-order valence-corrected chi connectivity index (χ4v) is 3.28. The zero-order valence-electron chi connectivity index (χ0n) is 14.0. The van der Waals surface area contributed by atoms with Gasteiger partial charge in [-0.05, 0) is 31.9 Å². The molecule has 23 heavy (non-hydrogen) atoms. The molecular formula is C17H25NO5. The van der Waals surface area contributed by atoms with Gasteiger partial charge in [-0.1, -0.05) is 17.7 Å². The number of carbonyl (C=O) groups is 1. The molecule has 0 bridgehead atoms. The molecule has 0 radical (unpaired) electrons. The fourth-order valence-electron chi connectivity index (χ4n) is 3.28. The molecule has 1 aliphatic carbocycles. The maximum Gasteiger partial charge on any atom is 0.251 e. The minimum atomic E-state index is -1.76. The Morgan fingerprint density at radius 2 is 1.78 bits per heavy atom. The molecule has 0 aliphatic heterocycles. The highest BCUT2D eigenvalue weighted by Crippen LogP contribution is 2.34.